The number of sulfonamides is 1. The minimum Gasteiger partial charge on any atom is -0.357 e. The maximum Gasteiger partial charge on any atom is 0.240 e. The monoisotopic (exact) mass is 482 g/mol. The van der Waals surface area contributed by atoms with Crippen molar-refractivity contribution < 1.29 is 8.42 Å². The summed E-state index contributed by atoms with van der Waals surface area (Å²) in [7, 11) is -1.98. The lowest BCUT2D eigenvalue weighted by Crippen LogP contribution is -2.39. The molecule has 3 N–H and O–H groups in total. The smallest absolute Gasteiger partial charge is 0.240 e. The highest BCUT2D eigenvalue weighted by molar-refractivity contribution is 14.0. The molecule has 0 radical (unpaired) electrons. The highest BCUT2D eigenvalue weighted by Crippen LogP contribution is 2.11. The molecule has 0 atom stereocenters. The Morgan fingerprint density at radius 3 is 2.16 bits per heavy atom. The first-order valence-electron chi connectivity index (χ1n) is 8.51. The summed E-state index contributed by atoms with van der Waals surface area (Å²) in [5, 5.41) is 6.60. The normalized spacial score (nSPS) is 12.0. The fraction of sp³-hybridized carbons (Fsp3) is 0.588. The second-order valence-electron chi connectivity index (χ2n) is 5.61. The van der Waals surface area contributed by atoms with Gasteiger partial charge >= 0.3 is 0 Å². The number of aliphatic imine (C=N–C) groups is 1. The molecule has 0 aliphatic rings. The molecule has 0 bridgehead atoms. The summed E-state index contributed by atoms with van der Waals surface area (Å²) in [5.74, 6) is 1.43. The molecule has 0 fully saturated rings. The molecule has 0 aliphatic carbocycles. The number of benzene rings is 1. The quantitative estimate of drug-likeness (QED) is 0.287. The van der Waals surface area contributed by atoms with Gasteiger partial charge < -0.3 is 10.6 Å². The lowest BCUT2D eigenvalue weighted by atomic mass is 10.0. The van der Waals surface area contributed by atoms with Gasteiger partial charge in [0.05, 0.1) is 11.4 Å². The lowest BCUT2D eigenvalue weighted by Gasteiger charge is -2.16. The molecule has 25 heavy (non-hydrogen) atoms. The number of halogens is 1. The van der Waals surface area contributed by atoms with Crippen LogP contribution in [-0.2, 0) is 16.6 Å². The molecule has 0 aliphatic heterocycles. The van der Waals surface area contributed by atoms with Gasteiger partial charge in [0.2, 0.25) is 10.0 Å². The van der Waals surface area contributed by atoms with Crippen LogP contribution in [0.2, 0.25) is 0 Å². The zero-order chi connectivity index (χ0) is 18.0. The van der Waals surface area contributed by atoms with Crippen LogP contribution in [0.5, 0.6) is 0 Å². The highest BCUT2D eigenvalue weighted by atomic mass is 127. The van der Waals surface area contributed by atoms with Crippen molar-refractivity contribution in [2.24, 2.45) is 10.9 Å². The standard InChI is InChI=1S/C17H30N4O2S.HI/c1-5-14(6-2)12-20-17(19-7-3)21-13-15-8-10-16(11-9-15)24(22,23)18-4;/h8-11,14,18H,5-7,12-13H2,1-4H3,(H2,19,20,21);1H. The second-order valence-corrected chi connectivity index (χ2v) is 7.50. The van der Waals surface area contributed by atoms with Crippen LogP contribution >= 0.6 is 24.0 Å². The lowest BCUT2D eigenvalue weighted by molar-refractivity contribution is 0.481. The maximum absolute atomic E-state index is 11.7. The van der Waals surface area contributed by atoms with E-state index in [4.69, 9.17) is 0 Å². The number of nitrogens with one attached hydrogen (secondary N) is 3. The zero-order valence-corrected chi connectivity index (χ0v) is 18.6. The van der Waals surface area contributed by atoms with E-state index >= 15 is 0 Å². The molecule has 0 saturated carbocycles. The Balaban J connectivity index is 0.00000576. The van der Waals surface area contributed by atoms with Crippen molar-refractivity contribution >= 4 is 40.0 Å². The van der Waals surface area contributed by atoms with Crippen LogP contribution in [0.25, 0.3) is 0 Å². The summed E-state index contributed by atoms with van der Waals surface area (Å²) in [5.41, 5.74) is 0.963. The predicted molar refractivity (Wildman–Crippen MR) is 115 cm³/mol. The van der Waals surface area contributed by atoms with E-state index in [9.17, 15) is 8.42 Å². The van der Waals surface area contributed by atoms with Gasteiger partial charge in [-0.05, 0) is 37.6 Å². The third-order valence-electron chi connectivity index (χ3n) is 3.98. The van der Waals surface area contributed by atoms with Crippen molar-refractivity contribution in [1.82, 2.24) is 15.4 Å². The first kappa shape index (κ1) is 24.1. The number of nitrogens with zero attached hydrogens (tertiary/aromatic N) is 1. The van der Waals surface area contributed by atoms with Gasteiger partial charge in [-0.25, -0.2) is 18.1 Å². The van der Waals surface area contributed by atoms with Crippen LogP contribution in [0.1, 0.15) is 39.2 Å². The van der Waals surface area contributed by atoms with Gasteiger partial charge in [0, 0.05) is 13.1 Å². The Morgan fingerprint density at radius 1 is 1.08 bits per heavy atom. The average molecular weight is 482 g/mol. The van der Waals surface area contributed by atoms with E-state index < -0.39 is 10.0 Å². The summed E-state index contributed by atoms with van der Waals surface area (Å²) in [6.45, 7) is 8.62. The number of rotatable bonds is 9. The molecule has 0 aromatic heterocycles. The molecule has 0 heterocycles. The van der Waals surface area contributed by atoms with Crippen molar-refractivity contribution in [3.05, 3.63) is 29.8 Å². The van der Waals surface area contributed by atoms with E-state index in [0.29, 0.717) is 12.5 Å². The minimum absolute atomic E-state index is 0. The Morgan fingerprint density at radius 2 is 1.68 bits per heavy atom. The number of guanidine groups is 1. The molecule has 0 amide bonds. The number of hydrogen-bond acceptors (Lipinski definition) is 3. The fourth-order valence-electron chi connectivity index (χ4n) is 2.22. The van der Waals surface area contributed by atoms with Gasteiger partial charge in [0.1, 0.15) is 0 Å². The van der Waals surface area contributed by atoms with Crippen LogP contribution in [0.3, 0.4) is 0 Å². The van der Waals surface area contributed by atoms with E-state index in [2.05, 4.69) is 34.2 Å². The molecule has 0 spiro atoms. The predicted octanol–water partition coefficient (Wildman–Crippen LogP) is 2.70. The Bertz CT molecular complexity index is 614. The summed E-state index contributed by atoms with van der Waals surface area (Å²) >= 11 is 0. The van der Waals surface area contributed by atoms with E-state index in [1.807, 2.05) is 6.92 Å². The van der Waals surface area contributed by atoms with Crippen molar-refractivity contribution in [2.75, 3.05) is 20.1 Å². The van der Waals surface area contributed by atoms with E-state index in [0.717, 1.165) is 37.5 Å². The Kier molecular flexibility index (Phi) is 12.0. The minimum atomic E-state index is -3.39. The molecule has 8 heteroatoms. The molecule has 1 aromatic rings. The SMILES string of the molecule is CCNC(=NCc1ccc(S(=O)(=O)NC)cc1)NCC(CC)CC.I. The topological polar surface area (TPSA) is 82.6 Å². The van der Waals surface area contributed by atoms with E-state index in [-0.39, 0.29) is 28.9 Å². The van der Waals surface area contributed by atoms with Crippen molar-refractivity contribution in [1.29, 1.82) is 0 Å². The second kappa shape index (κ2) is 12.5. The average Bonchev–Trinajstić information content (AvgIpc) is 2.60. The van der Waals surface area contributed by atoms with Crippen molar-refractivity contribution in [3.63, 3.8) is 0 Å². The fourth-order valence-corrected chi connectivity index (χ4v) is 2.95. The van der Waals surface area contributed by atoms with Gasteiger partial charge in [-0.1, -0.05) is 38.8 Å². The van der Waals surface area contributed by atoms with Crippen molar-refractivity contribution in [2.45, 2.75) is 45.1 Å². The van der Waals surface area contributed by atoms with Crippen molar-refractivity contribution in [3.8, 4) is 0 Å². The van der Waals surface area contributed by atoms with Crippen LogP contribution < -0.4 is 15.4 Å². The van der Waals surface area contributed by atoms with Gasteiger partial charge in [-0.2, -0.15) is 0 Å². The van der Waals surface area contributed by atoms with Gasteiger partial charge in [0.25, 0.3) is 0 Å². The summed E-state index contributed by atoms with van der Waals surface area (Å²) in [4.78, 5) is 4.83. The molecule has 0 unspecified atom stereocenters. The van der Waals surface area contributed by atoms with E-state index in [1.54, 1.807) is 24.3 Å². The molecule has 0 saturated heterocycles. The third kappa shape index (κ3) is 8.37. The van der Waals surface area contributed by atoms with Crippen LogP contribution in [0, 0.1) is 5.92 Å². The molecule has 144 valence electrons. The van der Waals surface area contributed by atoms with E-state index in [1.165, 1.54) is 7.05 Å². The first-order valence-corrected chi connectivity index (χ1v) is 9.99. The van der Waals surface area contributed by atoms with Crippen LogP contribution in [-0.4, -0.2) is 34.5 Å². The van der Waals surface area contributed by atoms with Gasteiger partial charge in [-0.3, -0.25) is 0 Å². The maximum atomic E-state index is 11.7. The molecular formula is C17H31IN4O2S. The summed E-state index contributed by atoms with van der Waals surface area (Å²) in [6.07, 6.45) is 2.29. The Hall–Kier alpha value is -0.870. The first-order chi connectivity index (χ1) is 11.5. The van der Waals surface area contributed by atoms with Gasteiger partial charge in [0.15, 0.2) is 5.96 Å². The largest absolute Gasteiger partial charge is 0.357 e. The highest BCUT2D eigenvalue weighted by Gasteiger charge is 2.10. The Labute approximate surface area is 169 Å². The van der Waals surface area contributed by atoms with Crippen LogP contribution in [0.15, 0.2) is 34.2 Å². The van der Waals surface area contributed by atoms with Gasteiger partial charge in [-0.15, -0.1) is 24.0 Å². The summed E-state index contributed by atoms with van der Waals surface area (Å²) in [6, 6.07) is 6.78. The number of hydrogen-bond donors (Lipinski definition) is 3. The van der Waals surface area contributed by atoms with Crippen LogP contribution in [0.4, 0.5) is 0 Å². The summed E-state index contributed by atoms with van der Waals surface area (Å²) < 4.78 is 25.7. The molecule has 6 nitrogen and oxygen atoms in total. The zero-order valence-electron chi connectivity index (χ0n) is 15.5. The third-order valence-corrected chi connectivity index (χ3v) is 5.41. The molecule has 1 rings (SSSR count). The molecule has 1 aromatic carbocycles. The molecular weight excluding hydrogens is 451 g/mol.